The van der Waals surface area contributed by atoms with Crippen molar-refractivity contribution in [1.29, 1.82) is 0 Å². The van der Waals surface area contributed by atoms with Crippen LogP contribution in [0, 0.1) is 5.82 Å². The molecule has 1 aliphatic rings. The molecular formula is C25H30FN3O4. The number of hydrogen-bond acceptors (Lipinski definition) is 4. The molecule has 2 aromatic carbocycles. The average molecular weight is 456 g/mol. The lowest BCUT2D eigenvalue weighted by molar-refractivity contribution is 0.0172. The number of rotatable bonds is 4. The summed E-state index contributed by atoms with van der Waals surface area (Å²) in [4.78, 5) is 42.1. The summed E-state index contributed by atoms with van der Waals surface area (Å²) in [5, 5.41) is 0. The molecule has 176 valence electrons. The van der Waals surface area contributed by atoms with Crippen molar-refractivity contribution < 1.29 is 23.5 Å². The van der Waals surface area contributed by atoms with Crippen molar-refractivity contribution in [3.05, 3.63) is 65.5 Å². The van der Waals surface area contributed by atoms with Gasteiger partial charge in [0.05, 0.1) is 6.54 Å². The van der Waals surface area contributed by atoms with E-state index in [2.05, 4.69) is 0 Å². The highest BCUT2D eigenvalue weighted by molar-refractivity contribution is 5.94. The summed E-state index contributed by atoms with van der Waals surface area (Å²) < 4.78 is 19.4. The maximum absolute atomic E-state index is 13.9. The number of benzene rings is 2. The van der Waals surface area contributed by atoms with Crippen molar-refractivity contribution in [3.8, 4) is 0 Å². The van der Waals surface area contributed by atoms with Crippen molar-refractivity contribution >= 4 is 23.6 Å². The van der Waals surface area contributed by atoms with E-state index in [-0.39, 0.29) is 18.4 Å². The quantitative estimate of drug-likeness (QED) is 0.626. The molecule has 1 fully saturated rings. The number of nitrogens with zero attached hydrogens (tertiary/aromatic N) is 3. The van der Waals surface area contributed by atoms with E-state index in [1.54, 1.807) is 46.2 Å². The minimum absolute atomic E-state index is 0.0394. The number of urea groups is 1. The molecule has 3 amide bonds. The van der Waals surface area contributed by atoms with Crippen molar-refractivity contribution in [3.63, 3.8) is 0 Å². The molecule has 33 heavy (non-hydrogen) atoms. The Morgan fingerprint density at radius 1 is 0.970 bits per heavy atom. The van der Waals surface area contributed by atoms with Gasteiger partial charge in [-0.2, -0.15) is 0 Å². The predicted octanol–water partition coefficient (Wildman–Crippen LogP) is 4.71. The van der Waals surface area contributed by atoms with E-state index in [4.69, 9.17) is 4.74 Å². The Hall–Kier alpha value is -3.42. The van der Waals surface area contributed by atoms with Crippen LogP contribution < -0.4 is 4.90 Å². The normalized spacial score (nSPS) is 14.1. The summed E-state index contributed by atoms with van der Waals surface area (Å²) in [5.41, 5.74) is 1.24. The van der Waals surface area contributed by atoms with Crippen LogP contribution in [-0.2, 0) is 11.3 Å². The van der Waals surface area contributed by atoms with Crippen molar-refractivity contribution in [2.24, 2.45) is 0 Å². The first-order chi connectivity index (χ1) is 15.5. The lowest BCUT2D eigenvalue weighted by Crippen LogP contribution is -2.54. The summed E-state index contributed by atoms with van der Waals surface area (Å²) in [7, 11) is 0. The summed E-state index contributed by atoms with van der Waals surface area (Å²) in [5.74, 6) is -0.477. The zero-order valence-electron chi connectivity index (χ0n) is 19.5. The zero-order chi connectivity index (χ0) is 24.2. The van der Waals surface area contributed by atoms with Crippen LogP contribution in [-0.4, -0.2) is 59.5 Å². The van der Waals surface area contributed by atoms with Gasteiger partial charge in [-0.25, -0.2) is 14.0 Å². The number of carbonyl (C=O) groups is 3. The second-order valence-corrected chi connectivity index (χ2v) is 9.06. The Bertz CT molecular complexity index is 1010. The molecule has 7 nitrogen and oxygen atoms in total. The molecule has 3 rings (SSSR count). The maximum atomic E-state index is 13.9. The highest BCUT2D eigenvalue weighted by atomic mass is 19.1. The van der Waals surface area contributed by atoms with E-state index in [0.717, 1.165) is 5.56 Å². The fourth-order valence-electron chi connectivity index (χ4n) is 3.52. The van der Waals surface area contributed by atoms with Crippen LogP contribution in [0.15, 0.2) is 48.5 Å². The van der Waals surface area contributed by atoms with Crippen LogP contribution in [0.25, 0.3) is 0 Å². The first kappa shape index (κ1) is 24.2. The minimum Gasteiger partial charge on any atom is -0.444 e. The summed E-state index contributed by atoms with van der Waals surface area (Å²) >= 11 is 0. The smallest absolute Gasteiger partial charge is 0.410 e. The standard InChI is InChI=1S/C25H30FN3O4/c1-18(30)20-10-8-19(9-11-20)17-29(22-7-5-6-21(26)16-22)23(31)27-12-14-28(15-13-27)24(32)33-25(2,3)4/h5-11,16H,12-15,17H2,1-4H3. The number of carbonyl (C=O) groups excluding carboxylic acids is 3. The third-order valence-electron chi connectivity index (χ3n) is 5.25. The number of anilines is 1. The Morgan fingerprint density at radius 2 is 1.58 bits per heavy atom. The number of halogens is 1. The number of amides is 3. The number of Topliss-reactive ketones (excluding diaryl/α,β-unsaturated/α-hetero) is 1. The summed E-state index contributed by atoms with van der Waals surface area (Å²) in [6.45, 7) is 8.52. The van der Waals surface area contributed by atoms with Gasteiger partial charge in [0.15, 0.2) is 5.78 Å². The molecule has 1 aliphatic heterocycles. The molecule has 0 N–H and O–H groups in total. The van der Waals surface area contributed by atoms with Gasteiger partial charge < -0.3 is 14.5 Å². The largest absolute Gasteiger partial charge is 0.444 e. The van der Waals surface area contributed by atoms with Gasteiger partial charge in [0.25, 0.3) is 0 Å². The monoisotopic (exact) mass is 455 g/mol. The molecule has 0 spiro atoms. The molecule has 1 heterocycles. The molecule has 0 aromatic heterocycles. The van der Waals surface area contributed by atoms with E-state index in [9.17, 15) is 18.8 Å². The molecule has 8 heteroatoms. The van der Waals surface area contributed by atoms with E-state index >= 15 is 0 Å². The van der Waals surface area contributed by atoms with Gasteiger partial charge in [0, 0.05) is 37.4 Å². The topological polar surface area (TPSA) is 70.2 Å². The van der Waals surface area contributed by atoms with Gasteiger partial charge >= 0.3 is 12.1 Å². The lowest BCUT2D eigenvalue weighted by Gasteiger charge is -2.38. The molecule has 0 atom stereocenters. The first-order valence-corrected chi connectivity index (χ1v) is 10.9. The third-order valence-corrected chi connectivity index (χ3v) is 5.25. The van der Waals surface area contributed by atoms with Gasteiger partial charge in [0.2, 0.25) is 0 Å². The molecule has 1 saturated heterocycles. The van der Waals surface area contributed by atoms with Gasteiger partial charge in [-0.3, -0.25) is 9.69 Å². The average Bonchev–Trinajstić information content (AvgIpc) is 2.76. The van der Waals surface area contributed by atoms with Crippen LogP contribution >= 0.6 is 0 Å². The number of piperazine rings is 1. The summed E-state index contributed by atoms with van der Waals surface area (Å²) in [6, 6.07) is 12.6. The first-order valence-electron chi connectivity index (χ1n) is 10.9. The van der Waals surface area contributed by atoms with Crippen molar-refractivity contribution in [2.75, 3.05) is 31.1 Å². The van der Waals surface area contributed by atoms with E-state index in [0.29, 0.717) is 37.4 Å². The van der Waals surface area contributed by atoms with Gasteiger partial charge in [0.1, 0.15) is 11.4 Å². The fourth-order valence-corrected chi connectivity index (χ4v) is 3.52. The van der Waals surface area contributed by atoms with Crippen molar-refractivity contribution in [2.45, 2.75) is 39.8 Å². The van der Waals surface area contributed by atoms with Crippen LogP contribution in [0.2, 0.25) is 0 Å². The Labute approximate surface area is 193 Å². The highest BCUT2D eigenvalue weighted by Gasteiger charge is 2.30. The number of ether oxygens (including phenoxy) is 1. The van der Waals surface area contributed by atoms with Crippen LogP contribution in [0.5, 0.6) is 0 Å². The predicted molar refractivity (Wildman–Crippen MR) is 124 cm³/mol. The minimum atomic E-state index is -0.587. The molecule has 0 saturated carbocycles. The maximum Gasteiger partial charge on any atom is 0.410 e. The third kappa shape index (κ3) is 6.54. The number of ketones is 1. The summed E-state index contributed by atoms with van der Waals surface area (Å²) in [6.07, 6.45) is -0.401. The molecule has 0 unspecified atom stereocenters. The molecule has 0 radical (unpaired) electrons. The van der Waals surface area contributed by atoms with Gasteiger partial charge in [-0.05, 0) is 51.5 Å². The Kier molecular flexibility index (Phi) is 7.36. The van der Waals surface area contributed by atoms with Crippen LogP contribution in [0.3, 0.4) is 0 Å². The van der Waals surface area contributed by atoms with Gasteiger partial charge in [-0.1, -0.05) is 30.3 Å². The highest BCUT2D eigenvalue weighted by Crippen LogP contribution is 2.22. The van der Waals surface area contributed by atoms with E-state index < -0.39 is 17.5 Å². The van der Waals surface area contributed by atoms with E-state index in [1.807, 2.05) is 20.8 Å². The van der Waals surface area contributed by atoms with E-state index in [1.165, 1.54) is 24.0 Å². The second-order valence-electron chi connectivity index (χ2n) is 9.06. The molecular weight excluding hydrogens is 425 g/mol. The lowest BCUT2D eigenvalue weighted by atomic mass is 10.1. The SMILES string of the molecule is CC(=O)c1ccc(CN(C(=O)N2CCN(C(=O)OC(C)(C)C)CC2)c2cccc(F)c2)cc1. The van der Waals surface area contributed by atoms with Crippen LogP contribution in [0.1, 0.15) is 43.6 Å². The number of hydrogen-bond donors (Lipinski definition) is 0. The molecule has 0 aliphatic carbocycles. The second kappa shape index (κ2) is 10.0. The van der Waals surface area contributed by atoms with Crippen molar-refractivity contribution in [1.82, 2.24) is 9.80 Å². The zero-order valence-corrected chi connectivity index (χ0v) is 19.5. The molecule has 2 aromatic rings. The van der Waals surface area contributed by atoms with Gasteiger partial charge in [-0.15, -0.1) is 0 Å². The Morgan fingerprint density at radius 3 is 2.12 bits per heavy atom. The Balaban J connectivity index is 1.75. The fraction of sp³-hybridized carbons (Fsp3) is 0.400. The van der Waals surface area contributed by atoms with Crippen LogP contribution in [0.4, 0.5) is 19.7 Å². The molecule has 0 bridgehead atoms.